The summed E-state index contributed by atoms with van der Waals surface area (Å²) in [5.41, 5.74) is 30.5. The summed E-state index contributed by atoms with van der Waals surface area (Å²) >= 11 is 13.4. The number of benzene rings is 3. The van der Waals surface area contributed by atoms with Crippen molar-refractivity contribution in [1.82, 2.24) is 19.9 Å². The van der Waals surface area contributed by atoms with Gasteiger partial charge in [-0.05, 0) is 195 Å². The average Bonchev–Trinajstić information content (AvgIpc) is 4.13. The number of anilines is 4. The summed E-state index contributed by atoms with van der Waals surface area (Å²) in [7, 11) is 3.89. The molecule has 0 bridgehead atoms. The topological polar surface area (TPSA) is 299 Å². The van der Waals surface area contributed by atoms with Crippen molar-refractivity contribution in [1.29, 1.82) is 0 Å². The van der Waals surface area contributed by atoms with Gasteiger partial charge in [-0.25, -0.2) is 19.9 Å². The third-order valence-corrected chi connectivity index (χ3v) is 13.1. The zero-order valence-corrected chi connectivity index (χ0v) is 45.1. The first-order valence-electron chi connectivity index (χ1n) is 22.9. The van der Waals surface area contributed by atoms with Crippen molar-refractivity contribution in [2.45, 2.75) is 74.9 Å². The van der Waals surface area contributed by atoms with Gasteiger partial charge in [0.2, 0.25) is 0 Å². The second kappa shape index (κ2) is 29.3. The van der Waals surface area contributed by atoms with E-state index in [1.807, 2.05) is 48.7 Å². The number of thiol groups is 1. The minimum absolute atomic E-state index is 0.172. The second-order valence-corrected chi connectivity index (χ2v) is 19.8. The van der Waals surface area contributed by atoms with Gasteiger partial charge < -0.3 is 58.0 Å². The number of phenols is 3. The van der Waals surface area contributed by atoms with Crippen molar-refractivity contribution < 1.29 is 35.0 Å². The summed E-state index contributed by atoms with van der Waals surface area (Å²) in [5, 5.41) is 52.6. The molecule has 3 aromatic carbocycles. The van der Waals surface area contributed by atoms with Crippen LogP contribution in [0.15, 0.2) is 140 Å². The van der Waals surface area contributed by atoms with Crippen molar-refractivity contribution in [3.63, 3.8) is 0 Å². The third-order valence-electron chi connectivity index (χ3n) is 11.2. The van der Waals surface area contributed by atoms with E-state index in [4.69, 9.17) is 43.1 Å². The third kappa shape index (κ3) is 19.9. The van der Waals surface area contributed by atoms with Gasteiger partial charge in [-0.1, -0.05) is 53.0 Å². The molecule has 14 N–H and O–H groups in total. The van der Waals surface area contributed by atoms with Crippen molar-refractivity contribution >= 4 is 106 Å². The molecular weight excluding hydrogens is 1140 g/mol. The maximum absolute atomic E-state index is 9.55. The van der Waals surface area contributed by atoms with E-state index in [1.54, 1.807) is 61.1 Å². The van der Waals surface area contributed by atoms with E-state index in [0.717, 1.165) is 67.3 Å². The molecule has 0 atom stereocenters. The predicted molar refractivity (Wildman–Crippen MR) is 305 cm³/mol. The summed E-state index contributed by atoms with van der Waals surface area (Å²) in [5.74, 6) is 5.55. The fourth-order valence-corrected chi connectivity index (χ4v) is 8.80. The quantitative estimate of drug-likeness (QED) is 0.0498. The Morgan fingerprint density at radius 2 is 1.10 bits per heavy atom. The van der Waals surface area contributed by atoms with E-state index in [0.29, 0.717) is 48.5 Å². The number of phenolic OH excluding ortho intramolecular Hbond substituents is 3. The van der Waals surface area contributed by atoms with Gasteiger partial charge in [0, 0.05) is 44.9 Å². The van der Waals surface area contributed by atoms with Crippen LogP contribution in [0.2, 0.25) is 5.82 Å². The predicted octanol–water partition coefficient (Wildman–Crippen LogP) is 10.4. The van der Waals surface area contributed by atoms with Crippen LogP contribution in [-0.4, -0.2) is 72.8 Å². The molecule has 4 fully saturated rings. The van der Waals surface area contributed by atoms with Gasteiger partial charge >= 0.3 is 39.6 Å². The van der Waals surface area contributed by atoms with Crippen molar-refractivity contribution in [2.24, 2.45) is 4.30 Å². The number of aromatic hydroxyl groups is 3. The molecule has 4 aromatic heterocycles. The molecule has 0 amide bonds. The van der Waals surface area contributed by atoms with Gasteiger partial charge in [-0.3, -0.25) is 0 Å². The molecule has 23 heteroatoms. The van der Waals surface area contributed by atoms with Gasteiger partial charge in [-0.15, -0.1) is 0 Å². The molecule has 0 unspecified atom stereocenters. The number of hydrogen-bond acceptors (Lipinski definition) is 17. The Balaban J connectivity index is 0.000000172. The van der Waals surface area contributed by atoms with Gasteiger partial charge in [0.15, 0.2) is 0 Å². The van der Waals surface area contributed by atoms with Crippen molar-refractivity contribution in [2.75, 3.05) is 22.9 Å². The number of pyridine rings is 4. The number of hydrogen-bond donors (Lipinski definition) is 11. The molecule has 4 heterocycles. The van der Waals surface area contributed by atoms with Crippen LogP contribution in [-0.2, 0) is 0 Å². The van der Waals surface area contributed by atoms with Gasteiger partial charge in [0.1, 0.15) is 46.3 Å². The van der Waals surface area contributed by atoms with Crippen LogP contribution >= 0.6 is 60.6 Å². The standard InChI is InChI=1S/C20H18N2O2.C8H8Br2N2.C8H10N2.C6H6BO3.C5H5BrN2.C3H7BO2.BHNS/c21-20-19(14-5-9-16(24)10-6-14)18(13-1-2-13)17(11-22-20)12-3-7-15(23)8-4-12;9-5-3-12-8(11)7(10)6(5)4-1-2-4;9-8-5-7(3-4-10-8)6-1-2-6;8-5-1-3-6(4-2-5)10-7-9;6-4-1-2-8-5(7)3-4;5-4(6)3-1-2-3;1-2-3/h3-11,13,23-24H,1-2H2,(H2,21,22);3-4H,1-2H2,(H2,11,12);3-6H,1-2H2,(H2,9,10);1-4,8-9H;1-3H,(H2,7,8);3,5-6H,1-2H2;3H. The number of nitrogen functional groups attached to an aromatic ring is 4. The van der Waals surface area contributed by atoms with Crippen LogP contribution in [0.25, 0.3) is 22.3 Å². The number of nitrogens with two attached hydrogens (primary N) is 4. The molecule has 73 heavy (non-hydrogen) atoms. The van der Waals surface area contributed by atoms with Crippen LogP contribution in [0.4, 0.5) is 23.3 Å². The van der Waals surface area contributed by atoms with Gasteiger partial charge in [-0.2, -0.15) is 0 Å². The molecule has 2 radical (unpaired) electrons. The molecule has 378 valence electrons. The molecule has 7 aromatic rings. The van der Waals surface area contributed by atoms with E-state index >= 15 is 0 Å². The SMILES string of the molecule is Nc1cc(Br)ccn1.Nc1cc(C2CC2)ccn1.Nc1ncc(-c2ccc(O)cc2)c(C2CC2)c1-c1ccc(O)cc1.Nc1ncc(Br)c(C2CC2)c1Br.OB(O)C1CC1.O[B]Oc1ccc(O)cc1.[B]=NS. The zero-order valence-electron chi connectivity index (χ0n) is 39.5. The van der Waals surface area contributed by atoms with E-state index in [2.05, 4.69) is 97.1 Å². The molecule has 4 aliphatic carbocycles. The molecule has 4 saturated carbocycles. The summed E-state index contributed by atoms with van der Waals surface area (Å²) < 4.78 is 10.3. The van der Waals surface area contributed by atoms with Crippen molar-refractivity contribution in [3.05, 3.63) is 152 Å². The number of halogens is 3. The molecule has 11 rings (SSSR count). The first kappa shape index (κ1) is 58.2. The van der Waals surface area contributed by atoms with E-state index in [1.165, 1.54) is 54.5 Å². The summed E-state index contributed by atoms with van der Waals surface area (Å²) in [6.45, 7) is 0. The Labute approximate surface area is 457 Å². The Hall–Kier alpha value is -5.68. The Bertz CT molecular complexity index is 2820. The fraction of sp³-hybridized carbons (Fsp3) is 0.240. The molecule has 4 aliphatic rings. The zero-order chi connectivity index (χ0) is 53.0. The molecular formula is C50H55B3Br3N9O7S. The normalized spacial score (nSPS) is 13.7. The van der Waals surface area contributed by atoms with Crippen LogP contribution in [0.3, 0.4) is 0 Å². The van der Waals surface area contributed by atoms with Crippen LogP contribution in [0.1, 0.15) is 85.8 Å². The first-order valence-corrected chi connectivity index (χ1v) is 25.7. The van der Waals surface area contributed by atoms with Gasteiger partial charge in [0.05, 0.1) is 4.47 Å². The minimum atomic E-state index is -1.04. The average molecular weight is 1200 g/mol. The second-order valence-electron chi connectivity index (χ2n) is 17.0. The number of rotatable bonds is 8. The molecule has 0 saturated heterocycles. The Morgan fingerprint density at radius 3 is 1.53 bits per heavy atom. The molecule has 0 spiro atoms. The Morgan fingerprint density at radius 1 is 0.616 bits per heavy atom. The number of aromatic nitrogens is 4. The van der Waals surface area contributed by atoms with Crippen molar-refractivity contribution in [3.8, 4) is 45.3 Å². The maximum atomic E-state index is 9.55. The fourth-order valence-electron chi connectivity index (χ4n) is 6.92. The molecule has 16 nitrogen and oxygen atoms in total. The monoisotopic (exact) mass is 1200 g/mol. The summed E-state index contributed by atoms with van der Waals surface area (Å²) in [6, 6.07) is 27.9. The van der Waals surface area contributed by atoms with Crippen LogP contribution in [0.5, 0.6) is 23.0 Å². The van der Waals surface area contributed by atoms with Crippen LogP contribution in [0, 0.1) is 0 Å². The number of nitrogens with zero attached hydrogens (tertiary/aromatic N) is 5. The van der Waals surface area contributed by atoms with E-state index < -0.39 is 7.12 Å². The van der Waals surface area contributed by atoms with Crippen LogP contribution < -0.4 is 27.6 Å². The first-order chi connectivity index (χ1) is 35.0. The van der Waals surface area contributed by atoms with Gasteiger partial charge in [0.25, 0.3) is 0 Å². The molecule has 0 aliphatic heterocycles. The van der Waals surface area contributed by atoms with E-state index in [9.17, 15) is 10.2 Å². The summed E-state index contributed by atoms with van der Waals surface area (Å²) in [4.78, 5) is 16.1. The Kier molecular flexibility index (Phi) is 23.3. The summed E-state index contributed by atoms with van der Waals surface area (Å²) in [6.07, 6.45) is 16.5. The van der Waals surface area contributed by atoms with E-state index in [-0.39, 0.29) is 23.1 Å².